The van der Waals surface area contributed by atoms with Crippen LogP contribution in [0.5, 0.6) is 0 Å². The molecule has 1 saturated heterocycles. The molecule has 0 radical (unpaired) electrons. The van der Waals surface area contributed by atoms with Gasteiger partial charge >= 0.3 is 6.09 Å². The number of imidazole rings is 1. The fraction of sp³-hybridized carbons (Fsp3) is 0.148. The van der Waals surface area contributed by atoms with Crippen molar-refractivity contribution < 1.29 is 14.3 Å². The standard InChI is InChI=1S/C27H24N4O3/c32-26(22-9-11-24(12-10-22)31-15-16-34-27(31)33)29-17-23-3-1-2-4-25(23)21-7-5-20(6-8-21)18-30-14-13-28-19-30/h1-14,19H,15-18H2,(H,29,32). The van der Waals surface area contributed by atoms with Gasteiger partial charge in [0.15, 0.2) is 0 Å². The highest BCUT2D eigenvalue weighted by Gasteiger charge is 2.23. The molecular weight excluding hydrogens is 428 g/mol. The Labute approximate surface area is 197 Å². The predicted octanol–water partition coefficient (Wildman–Crippen LogP) is 4.49. The number of aromatic nitrogens is 2. The van der Waals surface area contributed by atoms with E-state index in [-0.39, 0.29) is 12.0 Å². The Kier molecular flexibility index (Phi) is 6.07. The highest BCUT2D eigenvalue weighted by atomic mass is 16.6. The van der Waals surface area contributed by atoms with E-state index in [0.717, 1.165) is 28.9 Å². The number of benzene rings is 3. The third-order valence-corrected chi connectivity index (χ3v) is 5.85. The molecule has 2 heterocycles. The van der Waals surface area contributed by atoms with Crippen molar-refractivity contribution in [3.05, 3.63) is 108 Å². The Bertz CT molecular complexity index is 1280. The predicted molar refractivity (Wildman–Crippen MR) is 130 cm³/mol. The topological polar surface area (TPSA) is 76.5 Å². The minimum atomic E-state index is -0.358. The third kappa shape index (κ3) is 4.68. The number of carbonyl (C=O) groups excluding carboxylic acids is 2. The summed E-state index contributed by atoms with van der Waals surface area (Å²) in [6, 6.07) is 23.5. The van der Waals surface area contributed by atoms with Gasteiger partial charge < -0.3 is 14.6 Å². The van der Waals surface area contributed by atoms with Gasteiger partial charge in [0.1, 0.15) is 6.61 Å². The highest BCUT2D eigenvalue weighted by molar-refractivity contribution is 5.95. The first kappa shape index (κ1) is 21.5. The van der Waals surface area contributed by atoms with Crippen molar-refractivity contribution >= 4 is 17.7 Å². The van der Waals surface area contributed by atoms with Crippen LogP contribution in [0.25, 0.3) is 11.1 Å². The molecule has 1 aliphatic rings. The first-order valence-corrected chi connectivity index (χ1v) is 11.1. The summed E-state index contributed by atoms with van der Waals surface area (Å²) in [6.07, 6.45) is 5.17. The summed E-state index contributed by atoms with van der Waals surface area (Å²) in [5.74, 6) is -0.166. The monoisotopic (exact) mass is 452 g/mol. The summed E-state index contributed by atoms with van der Waals surface area (Å²) < 4.78 is 7.00. The van der Waals surface area contributed by atoms with E-state index in [9.17, 15) is 9.59 Å². The highest BCUT2D eigenvalue weighted by Crippen LogP contribution is 2.25. The zero-order chi connectivity index (χ0) is 23.3. The van der Waals surface area contributed by atoms with Crippen molar-refractivity contribution in [2.24, 2.45) is 0 Å². The Morgan fingerprint density at radius 1 is 1.00 bits per heavy atom. The zero-order valence-electron chi connectivity index (χ0n) is 18.6. The summed E-state index contributed by atoms with van der Waals surface area (Å²) in [5.41, 5.74) is 5.67. The fourth-order valence-corrected chi connectivity index (χ4v) is 4.04. The largest absolute Gasteiger partial charge is 0.447 e. The molecule has 5 rings (SSSR count). The maximum Gasteiger partial charge on any atom is 0.414 e. The number of cyclic esters (lactones) is 1. The Morgan fingerprint density at radius 2 is 1.79 bits per heavy atom. The molecule has 34 heavy (non-hydrogen) atoms. The lowest BCUT2D eigenvalue weighted by Gasteiger charge is -2.14. The Balaban J connectivity index is 1.25. The van der Waals surface area contributed by atoms with Crippen molar-refractivity contribution in [3.8, 4) is 11.1 Å². The van der Waals surface area contributed by atoms with Crippen LogP contribution in [-0.2, 0) is 17.8 Å². The van der Waals surface area contributed by atoms with Crippen LogP contribution in [0.4, 0.5) is 10.5 Å². The van der Waals surface area contributed by atoms with E-state index in [0.29, 0.717) is 25.3 Å². The molecule has 0 spiro atoms. The fourth-order valence-electron chi connectivity index (χ4n) is 4.04. The van der Waals surface area contributed by atoms with E-state index >= 15 is 0 Å². The second-order valence-corrected chi connectivity index (χ2v) is 8.08. The van der Waals surface area contributed by atoms with Crippen LogP contribution in [0.2, 0.25) is 0 Å². The van der Waals surface area contributed by atoms with Gasteiger partial charge in [-0.2, -0.15) is 0 Å². The van der Waals surface area contributed by atoms with E-state index in [1.165, 1.54) is 5.56 Å². The molecule has 3 aromatic carbocycles. The molecule has 4 aromatic rings. The molecule has 1 aromatic heterocycles. The second-order valence-electron chi connectivity index (χ2n) is 8.08. The van der Waals surface area contributed by atoms with Gasteiger partial charge in [-0.05, 0) is 46.5 Å². The van der Waals surface area contributed by atoms with Gasteiger partial charge in [-0.15, -0.1) is 0 Å². The van der Waals surface area contributed by atoms with Crippen LogP contribution in [-0.4, -0.2) is 34.7 Å². The maximum atomic E-state index is 12.7. The minimum absolute atomic E-state index is 0.166. The Morgan fingerprint density at radius 3 is 2.50 bits per heavy atom. The summed E-state index contributed by atoms with van der Waals surface area (Å²) >= 11 is 0. The van der Waals surface area contributed by atoms with E-state index in [1.54, 1.807) is 41.7 Å². The van der Waals surface area contributed by atoms with Crippen LogP contribution in [0.1, 0.15) is 21.5 Å². The van der Waals surface area contributed by atoms with Crippen molar-refractivity contribution in [1.29, 1.82) is 0 Å². The van der Waals surface area contributed by atoms with Gasteiger partial charge in [0.05, 0.1) is 12.9 Å². The molecular formula is C27H24N4O3. The number of rotatable bonds is 7. The molecule has 7 heteroatoms. The van der Waals surface area contributed by atoms with E-state index in [4.69, 9.17) is 4.74 Å². The van der Waals surface area contributed by atoms with Crippen molar-refractivity contribution in [2.75, 3.05) is 18.1 Å². The molecule has 1 N–H and O–H groups in total. The van der Waals surface area contributed by atoms with Crippen LogP contribution < -0.4 is 10.2 Å². The molecule has 1 fully saturated rings. The number of nitrogens with zero attached hydrogens (tertiary/aromatic N) is 3. The number of amides is 2. The molecule has 2 amide bonds. The summed E-state index contributed by atoms with van der Waals surface area (Å²) in [5, 5.41) is 3.01. The van der Waals surface area contributed by atoms with Gasteiger partial charge in [-0.3, -0.25) is 9.69 Å². The van der Waals surface area contributed by atoms with Gasteiger partial charge in [0, 0.05) is 36.7 Å². The number of hydrogen-bond donors (Lipinski definition) is 1. The lowest BCUT2D eigenvalue weighted by Crippen LogP contribution is -2.24. The molecule has 0 bridgehead atoms. The molecule has 7 nitrogen and oxygen atoms in total. The summed E-state index contributed by atoms with van der Waals surface area (Å²) in [7, 11) is 0. The number of nitrogens with one attached hydrogen (secondary N) is 1. The number of carbonyl (C=O) groups is 2. The van der Waals surface area contributed by atoms with Gasteiger partial charge in [0.2, 0.25) is 0 Å². The van der Waals surface area contributed by atoms with Crippen LogP contribution in [0.3, 0.4) is 0 Å². The molecule has 0 unspecified atom stereocenters. The zero-order valence-corrected chi connectivity index (χ0v) is 18.6. The van der Waals surface area contributed by atoms with Gasteiger partial charge in [-0.25, -0.2) is 9.78 Å². The Hall–Kier alpha value is -4.39. The van der Waals surface area contributed by atoms with Crippen LogP contribution in [0, 0.1) is 0 Å². The van der Waals surface area contributed by atoms with E-state index in [1.807, 2.05) is 29.0 Å². The summed E-state index contributed by atoms with van der Waals surface area (Å²) in [6.45, 7) is 2.08. The van der Waals surface area contributed by atoms with Gasteiger partial charge in [0.25, 0.3) is 5.91 Å². The van der Waals surface area contributed by atoms with E-state index < -0.39 is 0 Å². The summed E-state index contributed by atoms with van der Waals surface area (Å²) in [4.78, 5) is 30.1. The second kappa shape index (κ2) is 9.62. The van der Waals surface area contributed by atoms with Crippen molar-refractivity contribution in [2.45, 2.75) is 13.1 Å². The first-order valence-electron chi connectivity index (χ1n) is 11.1. The minimum Gasteiger partial charge on any atom is -0.447 e. The van der Waals surface area contributed by atoms with Crippen molar-refractivity contribution in [3.63, 3.8) is 0 Å². The average Bonchev–Trinajstić information content (AvgIpc) is 3.55. The lowest BCUT2D eigenvalue weighted by atomic mass is 9.98. The number of anilines is 1. The number of ether oxygens (including phenoxy) is 1. The van der Waals surface area contributed by atoms with Crippen LogP contribution in [0.15, 0.2) is 91.5 Å². The van der Waals surface area contributed by atoms with Crippen molar-refractivity contribution in [1.82, 2.24) is 14.9 Å². The third-order valence-electron chi connectivity index (χ3n) is 5.85. The van der Waals surface area contributed by atoms with Gasteiger partial charge in [-0.1, -0.05) is 48.5 Å². The average molecular weight is 453 g/mol. The van der Waals surface area contributed by atoms with Crippen LogP contribution >= 0.6 is 0 Å². The molecule has 0 aliphatic carbocycles. The lowest BCUT2D eigenvalue weighted by molar-refractivity contribution is 0.0951. The normalized spacial score (nSPS) is 13.1. The maximum absolute atomic E-state index is 12.7. The molecule has 1 aliphatic heterocycles. The SMILES string of the molecule is O=C(NCc1ccccc1-c1ccc(Cn2ccnc2)cc1)c1ccc(N2CCOC2=O)cc1. The molecule has 0 saturated carbocycles. The first-order chi connectivity index (χ1) is 16.7. The molecule has 0 atom stereocenters. The smallest absolute Gasteiger partial charge is 0.414 e. The molecule has 170 valence electrons. The van der Waals surface area contributed by atoms with E-state index in [2.05, 4.69) is 40.6 Å². The quantitative estimate of drug-likeness (QED) is 0.448. The number of hydrogen-bond acceptors (Lipinski definition) is 4.